The molecule has 2 rings (SSSR count). The van der Waals surface area contributed by atoms with Gasteiger partial charge in [0.25, 0.3) is 0 Å². The summed E-state index contributed by atoms with van der Waals surface area (Å²) in [4.78, 5) is 3.87. The zero-order valence-electron chi connectivity index (χ0n) is 11.1. The van der Waals surface area contributed by atoms with Crippen LogP contribution in [0.2, 0.25) is 0 Å². The molecule has 5 heteroatoms. The maximum absolute atomic E-state index is 13.0. The Labute approximate surface area is 111 Å². The van der Waals surface area contributed by atoms with Crippen molar-refractivity contribution >= 4 is 0 Å². The lowest BCUT2D eigenvalue weighted by atomic mass is 9.85. The lowest BCUT2D eigenvalue weighted by Crippen LogP contribution is -2.33. The fraction of sp³-hybridized carbons (Fsp3) is 0.429. The van der Waals surface area contributed by atoms with Crippen molar-refractivity contribution in [2.75, 3.05) is 0 Å². The summed E-state index contributed by atoms with van der Waals surface area (Å²) in [5.41, 5.74) is -0.381. The summed E-state index contributed by atoms with van der Waals surface area (Å²) in [7, 11) is 0. The maximum Gasteiger partial charge on any atom is 0.137 e. The average molecular weight is 263 g/mol. The Kier molecular flexibility index (Phi) is 3.95. The minimum atomic E-state index is -1.07. The molecule has 1 N–H and O–H groups in total. The molecular weight excluding hydrogens is 245 g/mol. The van der Waals surface area contributed by atoms with Crippen LogP contribution in [0.15, 0.2) is 36.9 Å². The highest BCUT2D eigenvalue weighted by atomic mass is 19.1. The summed E-state index contributed by atoms with van der Waals surface area (Å²) in [6.07, 6.45) is 3.56. The molecule has 0 aliphatic heterocycles. The fourth-order valence-corrected chi connectivity index (χ4v) is 2.29. The lowest BCUT2D eigenvalue weighted by Gasteiger charge is -2.30. The van der Waals surface area contributed by atoms with Crippen molar-refractivity contribution in [2.24, 2.45) is 5.92 Å². The van der Waals surface area contributed by atoms with Crippen LogP contribution in [0.3, 0.4) is 0 Å². The van der Waals surface area contributed by atoms with Gasteiger partial charge in [-0.25, -0.2) is 14.1 Å². The largest absolute Gasteiger partial charge is 0.383 e. The Morgan fingerprint density at radius 3 is 2.53 bits per heavy atom. The number of aromatic nitrogens is 3. The van der Waals surface area contributed by atoms with Crippen molar-refractivity contribution in [1.82, 2.24) is 14.8 Å². The SMILES string of the molecule is CC(C)CC(O)(Cn1cncn1)c1ccc(F)cc1. The number of nitrogens with zero attached hydrogens (tertiary/aromatic N) is 3. The third-order valence-corrected chi connectivity index (χ3v) is 3.02. The highest BCUT2D eigenvalue weighted by Crippen LogP contribution is 2.30. The highest BCUT2D eigenvalue weighted by Gasteiger charge is 2.31. The Hall–Kier alpha value is -1.75. The second kappa shape index (κ2) is 5.48. The van der Waals surface area contributed by atoms with Gasteiger partial charge in [0.2, 0.25) is 0 Å². The molecule has 1 aromatic carbocycles. The number of aliphatic hydroxyl groups is 1. The van der Waals surface area contributed by atoms with E-state index >= 15 is 0 Å². The molecule has 0 fully saturated rings. The monoisotopic (exact) mass is 263 g/mol. The Bertz CT molecular complexity index is 510. The molecule has 0 radical (unpaired) electrons. The van der Waals surface area contributed by atoms with Gasteiger partial charge in [-0.2, -0.15) is 5.10 Å². The Morgan fingerprint density at radius 2 is 2.00 bits per heavy atom. The number of halogens is 1. The van der Waals surface area contributed by atoms with E-state index in [1.54, 1.807) is 23.1 Å². The molecule has 0 spiro atoms. The molecular formula is C14H18FN3O. The number of hydrogen-bond donors (Lipinski definition) is 1. The van der Waals surface area contributed by atoms with Crippen molar-refractivity contribution in [1.29, 1.82) is 0 Å². The van der Waals surface area contributed by atoms with Crippen LogP contribution in [-0.4, -0.2) is 19.9 Å². The predicted molar refractivity (Wildman–Crippen MR) is 69.8 cm³/mol. The molecule has 0 amide bonds. The van der Waals surface area contributed by atoms with Gasteiger partial charge in [-0.3, -0.25) is 0 Å². The molecule has 1 aromatic heterocycles. The van der Waals surface area contributed by atoms with Gasteiger partial charge in [0, 0.05) is 0 Å². The van der Waals surface area contributed by atoms with Crippen molar-refractivity contribution in [3.05, 3.63) is 48.3 Å². The average Bonchev–Trinajstić information content (AvgIpc) is 2.81. The van der Waals surface area contributed by atoms with Crippen molar-refractivity contribution < 1.29 is 9.50 Å². The molecule has 0 aliphatic carbocycles. The van der Waals surface area contributed by atoms with E-state index in [4.69, 9.17) is 0 Å². The van der Waals surface area contributed by atoms with E-state index < -0.39 is 5.60 Å². The van der Waals surface area contributed by atoms with Crippen LogP contribution in [0.25, 0.3) is 0 Å². The summed E-state index contributed by atoms with van der Waals surface area (Å²) in [5, 5.41) is 14.9. The van der Waals surface area contributed by atoms with E-state index in [1.165, 1.54) is 18.5 Å². The predicted octanol–water partition coefficient (Wildman–Crippen LogP) is 2.35. The first-order valence-corrected chi connectivity index (χ1v) is 6.30. The van der Waals surface area contributed by atoms with Gasteiger partial charge >= 0.3 is 0 Å². The summed E-state index contributed by atoms with van der Waals surface area (Å²) in [5.74, 6) is -0.00465. The van der Waals surface area contributed by atoms with Gasteiger partial charge in [-0.1, -0.05) is 26.0 Å². The normalized spacial score (nSPS) is 14.6. The van der Waals surface area contributed by atoms with Crippen LogP contribution in [0, 0.1) is 11.7 Å². The first-order valence-electron chi connectivity index (χ1n) is 6.30. The van der Waals surface area contributed by atoms with Crippen molar-refractivity contribution in [3.63, 3.8) is 0 Å². The van der Waals surface area contributed by atoms with Gasteiger partial charge < -0.3 is 5.11 Å². The standard InChI is InChI=1S/C14H18FN3O/c1-11(2)7-14(19,8-18-10-16-9-17-18)12-3-5-13(15)6-4-12/h3-6,9-11,19H,7-8H2,1-2H3. The van der Waals surface area contributed by atoms with Gasteiger partial charge in [0.05, 0.1) is 6.54 Å². The molecule has 0 aliphatic rings. The summed E-state index contributed by atoms with van der Waals surface area (Å²) in [6.45, 7) is 4.38. The Balaban J connectivity index is 2.30. The number of hydrogen-bond acceptors (Lipinski definition) is 3. The molecule has 2 aromatic rings. The van der Waals surface area contributed by atoms with Crippen molar-refractivity contribution in [2.45, 2.75) is 32.4 Å². The van der Waals surface area contributed by atoms with Crippen LogP contribution in [0.4, 0.5) is 4.39 Å². The van der Waals surface area contributed by atoms with Crippen LogP contribution >= 0.6 is 0 Å². The van der Waals surface area contributed by atoms with Crippen LogP contribution in [-0.2, 0) is 12.1 Å². The lowest BCUT2D eigenvalue weighted by molar-refractivity contribution is -0.00500. The molecule has 102 valence electrons. The third-order valence-electron chi connectivity index (χ3n) is 3.02. The van der Waals surface area contributed by atoms with Gasteiger partial charge in [-0.05, 0) is 30.0 Å². The second-order valence-electron chi connectivity index (χ2n) is 5.23. The molecule has 0 bridgehead atoms. The number of benzene rings is 1. The molecule has 1 heterocycles. The van der Waals surface area contributed by atoms with Crippen molar-refractivity contribution in [3.8, 4) is 0 Å². The third kappa shape index (κ3) is 3.38. The van der Waals surface area contributed by atoms with Gasteiger partial charge in [0.1, 0.15) is 24.1 Å². The fourth-order valence-electron chi connectivity index (χ4n) is 2.29. The summed E-state index contributed by atoms with van der Waals surface area (Å²) < 4.78 is 14.6. The van der Waals surface area contributed by atoms with Crippen LogP contribution in [0.5, 0.6) is 0 Å². The van der Waals surface area contributed by atoms with Gasteiger partial charge in [0.15, 0.2) is 0 Å². The van der Waals surface area contributed by atoms with Crippen LogP contribution in [0.1, 0.15) is 25.8 Å². The van der Waals surface area contributed by atoms with E-state index in [1.807, 2.05) is 13.8 Å². The highest BCUT2D eigenvalue weighted by molar-refractivity contribution is 5.23. The zero-order valence-corrected chi connectivity index (χ0v) is 11.1. The maximum atomic E-state index is 13.0. The Morgan fingerprint density at radius 1 is 1.32 bits per heavy atom. The molecule has 19 heavy (non-hydrogen) atoms. The smallest absolute Gasteiger partial charge is 0.137 e. The van der Waals surface area contributed by atoms with E-state index in [-0.39, 0.29) is 5.82 Å². The summed E-state index contributed by atoms with van der Waals surface area (Å²) >= 11 is 0. The molecule has 1 atom stereocenters. The zero-order chi connectivity index (χ0) is 13.9. The number of rotatable bonds is 5. The molecule has 0 saturated carbocycles. The minimum absolute atomic E-state index is 0.302. The molecule has 0 saturated heterocycles. The van der Waals surface area contributed by atoms with E-state index in [9.17, 15) is 9.50 Å². The van der Waals surface area contributed by atoms with E-state index in [0.717, 1.165) is 0 Å². The topological polar surface area (TPSA) is 50.9 Å². The van der Waals surface area contributed by atoms with E-state index in [2.05, 4.69) is 10.1 Å². The molecule has 4 nitrogen and oxygen atoms in total. The quantitative estimate of drug-likeness (QED) is 0.901. The first kappa shape index (κ1) is 13.7. The summed E-state index contributed by atoms with van der Waals surface area (Å²) in [6, 6.07) is 5.97. The second-order valence-corrected chi connectivity index (χ2v) is 5.23. The van der Waals surface area contributed by atoms with Crippen LogP contribution < -0.4 is 0 Å². The van der Waals surface area contributed by atoms with E-state index in [0.29, 0.717) is 24.4 Å². The van der Waals surface area contributed by atoms with Gasteiger partial charge in [-0.15, -0.1) is 0 Å². The molecule has 1 unspecified atom stereocenters. The minimum Gasteiger partial charge on any atom is -0.383 e. The first-order chi connectivity index (χ1) is 8.99.